The van der Waals surface area contributed by atoms with Gasteiger partial charge in [-0.05, 0) is 45.7 Å². The van der Waals surface area contributed by atoms with Crippen LogP contribution in [-0.4, -0.2) is 35.7 Å². The van der Waals surface area contributed by atoms with Gasteiger partial charge in [-0.3, -0.25) is 4.79 Å². The number of rotatable bonds is 4. The molecule has 1 aromatic carbocycles. The van der Waals surface area contributed by atoms with Crippen molar-refractivity contribution in [2.24, 2.45) is 5.73 Å². The van der Waals surface area contributed by atoms with E-state index in [2.05, 4.69) is 5.32 Å². The molecule has 2 rings (SSSR count). The Hall–Kier alpha value is -1.92. The van der Waals surface area contributed by atoms with Crippen LogP contribution in [0.25, 0.3) is 0 Å². The third-order valence-electron chi connectivity index (χ3n) is 4.37. The molecule has 1 aliphatic rings. The number of carbonyl (C=O) groups is 2. The fraction of sp³-hybridized carbons (Fsp3) is 0.600. The zero-order valence-electron chi connectivity index (χ0n) is 15.9. The Morgan fingerprint density at radius 1 is 1.19 bits per heavy atom. The quantitative estimate of drug-likeness (QED) is 0.799. The van der Waals surface area contributed by atoms with Crippen molar-refractivity contribution < 1.29 is 19.1 Å². The smallest absolute Gasteiger partial charge is 0.328 e. The summed E-state index contributed by atoms with van der Waals surface area (Å²) in [5, 5.41) is 3.11. The highest BCUT2D eigenvalue weighted by atomic mass is 16.6. The first-order valence-corrected chi connectivity index (χ1v) is 9.19. The lowest BCUT2D eigenvalue weighted by molar-refractivity contribution is -0.169. The second-order valence-electron chi connectivity index (χ2n) is 7.83. The molecule has 26 heavy (non-hydrogen) atoms. The van der Waals surface area contributed by atoms with E-state index in [1.54, 1.807) is 20.8 Å². The molecule has 0 saturated carbocycles. The Balaban J connectivity index is 2.15. The summed E-state index contributed by atoms with van der Waals surface area (Å²) < 4.78 is 11.0. The van der Waals surface area contributed by atoms with E-state index in [1.807, 2.05) is 30.3 Å². The highest BCUT2D eigenvalue weighted by Crippen LogP contribution is 2.25. The molecule has 1 fully saturated rings. The highest BCUT2D eigenvalue weighted by molar-refractivity contribution is 5.91. The number of nitrogens with two attached hydrogens (primary N) is 1. The Labute approximate surface area is 155 Å². The maximum absolute atomic E-state index is 12.8. The summed E-state index contributed by atoms with van der Waals surface area (Å²) in [5.74, 6) is -1.09. The average Bonchev–Trinajstić information content (AvgIpc) is 2.56. The van der Waals surface area contributed by atoms with Crippen molar-refractivity contribution >= 4 is 11.9 Å². The van der Waals surface area contributed by atoms with Crippen molar-refractivity contribution in [3.63, 3.8) is 0 Å². The summed E-state index contributed by atoms with van der Waals surface area (Å²) >= 11 is 0. The minimum absolute atomic E-state index is 0.141. The molecule has 6 nitrogen and oxygen atoms in total. The molecule has 2 unspecified atom stereocenters. The van der Waals surface area contributed by atoms with Crippen LogP contribution in [-0.2, 0) is 25.7 Å². The van der Waals surface area contributed by atoms with Crippen LogP contribution < -0.4 is 11.1 Å². The first-order valence-electron chi connectivity index (χ1n) is 9.19. The Bertz CT molecular complexity index is 612. The summed E-state index contributed by atoms with van der Waals surface area (Å²) in [7, 11) is 0. The molecule has 1 aromatic rings. The molecule has 0 aliphatic carbocycles. The largest absolute Gasteiger partial charge is 0.460 e. The van der Waals surface area contributed by atoms with Crippen molar-refractivity contribution in [3.05, 3.63) is 35.9 Å². The number of esters is 2. The van der Waals surface area contributed by atoms with Gasteiger partial charge in [0.1, 0.15) is 23.8 Å². The Kier molecular flexibility index (Phi) is 6.78. The van der Waals surface area contributed by atoms with Crippen LogP contribution in [0.15, 0.2) is 30.3 Å². The molecule has 0 spiro atoms. The van der Waals surface area contributed by atoms with Crippen molar-refractivity contribution in [2.75, 3.05) is 6.54 Å². The Morgan fingerprint density at radius 3 is 2.54 bits per heavy atom. The highest BCUT2D eigenvalue weighted by Gasteiger charge is 2.49. The van der Waals surface area contributed by atoms with Crippen molar-refractivity contribution in [3.8, 4) is 0 Å². The van der Waals surface area contributed by atoms with Gasteiger partial charge in [0.05, 0.1) is 0 Å². The Morgan fingerprint density at radius 2 is 1.88 bits per heavy atom. The maximum Gasteiger partial charge on any atom is 0.328 e. The molecular formula is C20H30N2O4. The van der Waals surface area contributed by atoms with Gasteiger partial charge in [0.25, 0.3) is 0 Å². The first-order chi connectivity index (χ1) is 12.2. The molecule has 1 saturated heterocycles. The zero-order chi connectivity index (χ0) is 19.2. The van der Waals surface area contributed by atoms with Crippen LogP contribution in [0.3, 0.4) is 0 Å². The predicted octanol–water partition coefficient (Wildman–Crippen LogP) is 2.30. The molecule has 0 aromatic heterocycles. The molecule has 0 bridgehead atoms. The maximum atomic E-state index is 12.8. The average molecular weight is 362 g/mol. The van der Waals surface area contributed by atoms with E-state index < -0.39 is 29.1 Å². The molecule has 0 radical (unpaired) electrons. The van der Waals surface area contributed by atoms with E-state index in [9.17, 15) is 9.59 Å². The van der Waals surface area contributed by atoms with Crippen LogP contribution >= 0.6 is 0 Å². The first kappa shape index (κ1) is 20.4. The SMILES string of the molecule is CC(C)(C)OC(=O)C1(N)CCCCCNC1C(=O)OCc1ccccc1. The lowest BCUT2D eigenvalue weighted by Gasteiger charge is -2.37. The second-order valence-corrected chi connectivity index (χ2v) is 7.83. The monoisotopic (exact) mass is 362 g/mol. The molecule has 3 N–H and O–H groups in total. The summed E-state index contributed by atoms with van der Waals surface area (Å²) in [6.07, 6.45) is 3.01. The van der Waals surface area contributed by atoms with Gasteiger partial charge >= 0.3 is 11.9 Å². The van der Waals surface area contributed by atoms with Crippen molar-refractivity contribution in [1.29, 1.82) is 0 Å². The predicted molar refractivity (Wildman–Crippen MR) is 99.3 cm³/mol. The van der Waals surface area contributed by atoms with Gasteiger partial charge in [-0.1, -0.05) is 43.2 Å². The van der Waals surface area contributed by atoms with E-state index in [-0.39, 0.29) is 6.61 Å². The summed E-state index contributed by atoms with van der Waals surface area (Å²) in [4.78, 5) is 25.5. The van der Waals surface area contributed by atoms with Gasteiger partial charge in [-0.15, -0.1) is 0 Å². The third-order valence-corrected chi connectivity index (χ3v) is 4.37. The zero-order valence-corrected chi connectivity index (χ0v) is 15.9. The van der Waals surface area contributed by atoms with Gasteiger partial charge in [0, 0.05) is 0 Å². The van der Waals surface area contributed by atoms with Gasteiger partial charge in [0.15, 0.2) is 0 Å². The van der Waals surface area contributed by atoms with E-state index in [0.29, 0.717) is 13.0 Å². The molecular weight excluding hydrogens is 332 g/mol. The van der Waals surface area contributed by atoms with Gasteiger partial charge in [-0.25, -0.2) is 4.79 Å². The number of benzene rings is 1. The number of hydrogen-bond acceptors (Lipinski definition) is 6. The number of ether oxygens (including phenoxy) is 2. The standard InChI is InChI=1S/C20H30N2O4/c1-19(2,3)26-18(24)20(21)12-8-5-9-13-22-16(20)17(23)25-14-15-10-6-4-7-11-15/h4,6-7,10-11,16,22H,5,8-9,12-14,21H2,1-3H3. The fourth-order valence-corrected chi connectivity index (χ4v) is 2.99. The van der Waals surface area contributed by atoms with Crippen LogP contribution in [0.2, 0.25) is 0 Å². The van der Waals surface area contributed by atoms with Gasteiger partial charge in [-0.2, -0.15) is 0 Å². The summed E-state index contributed by atoms with van der Waals surface area (Å²) in [6.45, 7) is 6.10. The number of nitrogens with one attached hydrogen (secondary N) is 1. The van der Waals surface area contributed by atoms with E-state index in [0.717, 1.165) is 24.8 Å². The molecule has 1 aliphatic heterocycles. The lowest BCUT2D eigenvalue weighted by Crippen LogP contribution is -2.67. The molecule has 2 atom stereocenters. The van der Waals surface area contributed by atoms with Crippen LogP contribution in [0, 0.1) is 0 Å². The van der Waals surface area contributed by atoms with Crippen LogP contribution in [0.1, 0.15) is 52.0 Å². The third kappa shape index (κ3) is 5.54. The fourth-order valence-electron chi connectivity index (χ4n) is 2.99. The van der Waals surface area contributed by atoms with Crippen LogP contribution in [0.4, 0.5) is 0 Å². The summed E-state index contributed by atoms with van der Waals surface area (Å²) in [5.41, 5.74) is 5.22. The topological polar surface area (TPSA) is 90.6 Å². The minimum Gasteiger partial charge on any atom is -0.460 e. The normalized spacial score (nSPS) is 24.2. The lowest BCUT2D eigenvalue weighted by atomic mass is 9.83. The van der Waals surface area contributed by atoms with Crippen LogP contribution in [0.5, 0.6) is 0 Å². The van der Waals surface area contributed by atoms with Crippen molar-refractivity contribution in [1.82, 2.24) is 5.32 Å². The molecule has 1 heterocycles. The van der Waals surface area contributed by atoms with E-state index in [1.165, 1.54) is 0 Å². The molecule has 0 amide bonds. The minimum atomic E-state index is -1.44. The summed E-state index contributed by atoms with van der Waals surface area (Å²) in [6, 6.07) is 8.48. The number of carbonyl (C=O) groups excluding carboxylic acids is 2. The van der Waals surface area contributed by atoms with Gasteiger partial charge < -0.3 is 20.5 Å². The van der Waals surface area contributed by atoms with Gasteiger partial charge in [0.2, 0.25) is 0 Å². The number of hydrogen-bond donors (Lipinski definition) is 2. The van der Waals surface area contributed by atoms with E-state index in [4.69, 9.17) is 15.2 Å². The second kappa shape index (κ2) is 8.64. The molecule has 144 valence electrons. The van der Waals surface area contributed by atoms with E-state index >= 15 is 0 Å². The van der Waals surface area contributed by atoms with Crippen molar-refractivity contribution in [2.45, 2.75) is 70.2 Å². The molecule has 6 heteroatoms.